The molecule has 3 amide bonds. The standard InChI is InChI=1S/C22H15N3O3/c23-12-13-6-5-11-18(26)19(13)21(27)25-22(28)24-20-16-9-3-1-7-14(16)15-8-2-4-10-17(15)20/h1-11,20,26H,(H2,24,25,27,28). The Morgan fingerprint density at radius 1 is 0.893 bits per heavy atom. The number of hydrogen-bond donors (Lipinski definition) is 3. The molecular formula is C22H15N3O3. The van der Waals surface area contributed by atoms with Crippen molar-refractivity contribution in [1.82, 2.24) is 10.6 Å². The lowest BCUT2D eigenvalue weighted by molar-refractivity contribution is 0.0960. The number of hydrogen-bond acceptors (Lipinski definition) is 4. The van der Waals surface area contributed by atoms with Gasteiger partial charge in [0.2, 0.25) is 0 Å². The topological polar surface area (TPSA) is 102 Å². The van der Waals surface area contributed by atoms with Gasteiger partial charge in [-0.15, -0.1) is 0 Å². The number of imide groups is 1. The third-order valence-corrected chi connectivity index (χ3v) is 4.73. The van der Waals surface area contributed by atoms with E-state index in [9.17, 15) is 14.7 Å². The number of fused-ring (bicyclic) bond motifs is 3. The number of nitriles is 1. The fourth-order valence-corrected chi connectivity index (χ4v) is 3.52. The minimum atomic E-state index is -0.841. The largest absolute Gasteiger partial charge is 0.507 e. The Kier molecular flexibility index (Phi) is 4.26. The van der Waals surface area contributed by atoms with Crippen molar-refractivity contribution in [3.63, 3.8) is 0 Å². The number of amides is 3. The van der Waals surface area contributed by atoms with Gasteiger partial charge in [0.05, 0.1) is 17.2 Å². The second-order valence-corrected chi connectivity index (χ2v) is 6.35. The molecule has 1 aliphatic rings. The van der Waals surface area contributed by atoms with E-state index in [0.29, 0.717) is 0 Å². The fraction of sp³-hybridized carbons (Fsp3) is 0.0455. The van der Waals surface area contributed by atoms with Crippen LogP contribution in [-0.2, 0) is 0 Å². The van der Waals surface area contributed by atoms with Crippen LogP contribution in [0.5, 0.6) is 5.75 Å². The molecule has 0 aromatic heterocycles. The van der Waals surface area contributed by atoms with Crippen molar-refractivity contribution in [3.05, 3.63) is 89.0 Å². The molecule has 4 rings (SSSR count). The van der Waals surface area contributed by atoms with Crippen LogP contribution in [0.1, 0.15) is 33.1 Å². The molecule has 0 bridgehead atoms. The minimum absolute atomic E-state index is 0.0122. The van der Waals surface area contributed by atoms with E-state index < -0.39 is 18.0 Å². The molecule has 0 atom stereocenters. The lowest BCUT2D eigenvalue weighted by atomic mass is 10.1. The summed E-state index contributed by atoms with van der Waals surface area (Å²) in [5, 5.41) is 24.1. The minimum Gasteiger partial charge on any atom is -0.507 e. The SMILES string of the molecule is N#Cc1cccc(O)c1C(=O)NC(=O)NC1c2ccccc2-c2ccccc21. The fourth-order valence-electron chi connectivity index (χ4n) is 3.52. The van der Waals surface area contributed by atoms with Gasteiger partial charge >= 0.3 is 6.03 Å². The van der Waals surface area contributed by atoms with E-state index in [1.54, 1.807) is 0 Å². The zero-order valence-corrected chi connectivity index (χ0v) is 14.6. The third kappa shape index (κ3) is 2.85. The van der Waals surface area contributed by atoms with Crippen molar-refractivity contribution in [2.45, 2.75) is 6.04 Å². The normalized spacial score (nSPS) is 11.8. The molecule has 6 nitrogen and oxygen atoms in total. The van der Waals surface area contributed by atoms with E-state index >= 15 is 0 Å². The van der Waals surface area contributed by atoms with E-state index in [0.717, 1.165) is 22.3 Å². The van der Waals surface area contributed by atoms with Crippen molar-refractivity contribution in [2.75, 3.05) is 0 Å². The van der Waals surface area contributed by atoms with Gasteiger partial charge in [0.1, 0.15) is 11.8 Å². The Morgan fingerprint density at radius 3 is 2.11 bits per heavy atom. The van der Waals surface area contributed by atoms with Crippen LogP contribution in [0.25, 0.3) is 11.1 Å². The number of nitrogens with one attached hydrogen (secondary N) is 2. The number of nitrogens with zero attached hydrogens (tertiary/aromatic N) is 1. The van der Waals surface area contributed by atoms with Crippen LogP contribution < -0.4 is 10.6 Å². The van der Waals surface area contributed by atoms with E-state index in [4.69, 9.17) is 5.26 Å². The molecule has 3 N–H and O–H groups in total. The predicted molar refractivity (Wildman–Crippen MR) is 103 cm³/mol. The number of benzene rings is 3. The molecule has 0 fully saturated rings. The zero-order valence-electron chi connectivity index (χ0n) is 14.6. The van der Waals surface area contributed by atoms with Crippen LogP contribution in [0.2, 0.25) is 0 Å². The number of rotatable bonds is 2. The lowest BCUT2D eigenvalue weighted by Gasteiger charge is -2.16. The smallest absolute Gasteiger partial charge is 0.322 e. The molecule has 28 heavy (non-hydrogen) atoms. The van der Waals surface area contributed by atoms with E-state index in [1.165, 1.54) is 18.2 Å². The molecule has 3 aromatic carbocycles. The van der Waals surface area contributed by atoms with Gasteiger partial charge in [-0.2, -0.15) is 5.26 Å². The molecule has 6 heteroatoms. The van der Waals surface area contributed by atoms with Gasteiger partial charge in [0, 0.05) is 0 Å². The van der Waals surface area contributed by atoms with Gasteiger partial charge in [-0.3, -0.25) is 10.1 Å². The average molecular weight is 369 g/mol. The van der Waals surface area contributed by atoms with Crippen LogP contribution in [0.15, 0.2) is 66.7 Å². The van der Waals surface area contributed by atoms with Gasteiger partial charge in [-0.25, -0.2) is 4.79 Å². The Morgan fingerprint density at radius 2 is 1.50 bits per heavy atom. The Labute approximate surface area is 161 Å². The number of aromatic hydroxyl groups is 1. The molecule has 1 aliphatic carbocycles. The van der Waals surface area contributed by atoms with E-state index in [2.05, 4.69) is 10.6 Å². The first-order chi connectivity index (χ1) is 13.6. The van der Waals surface area contributed by atoms with E-state index in [-0.39, 0.29) is 16.9 Å². The summed E-state index contributed by atoms with van der Waals surface area (Å²) in [6.45, 7) is 0. The van der Waals surface area contributed by atoms with Crippen molar-refractivity contribution >= 4 is 11.9 Å². The summed E-state index contributed by atoms with van der Waals surface area (Å²) < 4.78 is 0. The summed E-state index contributed by atoms with van der Waals surface area (Å²) in [6, 6.07) is 20.3. The van der Waals surface area contributed by atoms with E-state index in [1.807, 2.05) is 54.6 Å². The Bertz CT molecular complexity index is 1100. The molecule has 0 heterocycles. The second kappa shape index (κ2) is 6.89. The summed E-state index contributed by atoms with van der Waals surface area (Å²) in [6.07, 6.45) is 0. The second-order valence-electron chi connectivity index (χ2n) is 6.35. The monoisotopic (exact) mass is 369 g/mol. The van der Waals surface area contributed by atoms with Crippen LogP contribution >= 0.6 is 0 Å². The van der Waals surface area contributed by atoms with Crippen LogP contribution in [-0.4, -0.2) is 17.0 Å². The van der Waals surface area contributed by atoms with Gasteiger partial charge in [-0.05, 0) is 34.4 Å². The molecule has 0 radical (unpaired) electrons. The first kappa shape index (κ1) is 17.3. The molecule has 0 unspecified atom stereocenters. The van der Waals surface area contributed by atoms with Crippen molar-refractivity contribution in [2.24, 2.45) is 0 Å². The maximum Gasteiger partial charge on any atom is 0.322 e. The number of phenols is 1. The van der Waals surface area contributed by atoms with Gasteiger partial charge in [-0.1, -0.05) is 54.6 Å². The van der Waals surface area contributed by atoms with Crippen molar-refractivity contribution < 1.29 is 14.7 Å². The van der Waals surface area contributed by atoms with Gasteiger partial charge in [0.15, 0.2) is 0 Å². The summed E-state index contributed by atoms with van der Waals surface area (Å²) in [7, 11) is 0. The molecule has 136 valence electrons. The highest BCUT2D eigenvalue weighted by Gasteiger charge is 2.30. The Balaban J connectivity index is 1.59. The summed E-state index contributed by atoms with van der Waals surface area (Å²) >= 11 is 0. The number of carbonyl (C=O) groups excluding carboxylic acids is 2. The molecule has 0 saturated carbocycles. The summed E-state index contributed by atoms with van der Waals surface area (Å²) in [4.78, 5) is 24.9. The number of carbonyl (C=O) groups is 2. The maximum absolute atomic E-state index is 12.5. The molecule has 0 spiro atoms. The molecule has 3 aromatic rings. The van der Waals surface area contributed by atoms with Crippen LogP contribution in [0.3, 0.4) is 0 Å². The zero-order chi connectivity index (χ0) is 19.7. The first-order valence-corrected chi connectivity index (χ1v) is 8.62. The summed E-state index contributed by atoms with van der Waals surface area (Å²) in [5.41, 5.74) is 3.69. The highest BCUT2D eigenvalue weighted by Crippen LogP contribution is 2.42. The number of phenolic OH excluding ortho intramolecular Hbond substituents is 1. The Hall–Kier alpha value is -4.11. The maximum atomic E-state index is 12.5. The van der Waals surface area contributed by atoms with Crippen molar-refractivity contribution in [1.29, 1.82) is 5.26 Å². The van der Waals surface area contributed by atoms with Gasteiger partial charge in [0.25, 0.3) is 5.91 Å². The predicted octanol–water partition coefficient (Wildman–Crippen LogP) is 3.47. The highest BCUT2D eigenvalue weighted by atomic mass is 16.3. The van der Waals surface area contributed by atoms with Crippen molar-refractivity contribution in [3.8, 4) is 22.9 Å². The molecular weight excluding hydrogens is 354 g/mol. The van der Waals surface area contributed by atoms with Crippen LogP contribution in [0, 0.1) is 11.3 Å². The molecule has 0 saturated heterocycles. The average Bonchev–Trinajstić information content (AvgIpc) is 3.01. The van der Waals surface area contributed by atoms with Gasteiger partial charge < -0.3 is 10.4 Å². The summed E-state index contributed by atoms with van der Waals surface area (Å²) in [5.74, 6) is -1.20. The highest BCUT2D eigenvalue weighted by molar-refractivity contribution is 6.07. The quantitative estimate of drug-likeness (QED) is 0.643. The third-order valence-electron chi connectivity index (χ3n) is 4.73. The number of urea groups is 1. The first-order valence-electron chi connectivity index (χ1n) is 8.62. The van der Waals surface area contributed by atoms with Crippen LogP contribution in [0.4, 0.5) is 4.79 Å². The lowest BCUT2D eigenvalue weighted by Crippen LogP contribution is -2.41. The molecule has 0 aliphatic heterocycles.